The van der Waals surface area contributed by atoms with Crippen molar-refractivity contribution in [3.8, 4) is 22.6 Å². The van der Waals surface area contributed by atoms with Crippen molar-refractivity contribution in [1.82, 2.24) is 4.90 Å². The fourth-order valence-corrected chi connectivity index (χ4v) is 5.44. The van der Waals surface area contributed by atoms with E-state index in [0.29, 0.717) is 66.4 Å². The first-order valence-corrected chi connectivity index (χ1v) is 12.8. The Morgan fingerprint density at radius 1 is 1.08 bits per heavy atom. The largest absolute Gasteiger partial charge is 0.493 e. The molecule has 0 spiro atoms. The lowest BCUT2D eigenvalue weighted by atomic mass is 9.87. The van der Waals surface area contributed by atoms with Crippen molar-refractivity contribution < 1.29 is 33.0 Å². The van der Waals surface area contributed by atoms with Crippen LogP contribution in [0.25, 0.3) is 11.1 Å². The third-order valence-electron chi connectivity index (χ3n) is 7.26. The highest BCUT2D eigenvalue weighted by Gasteiger charge is 2.30. The number of halogens is 2. The molecule has 0 aliphatic carbocycles. The zero-order valence-electron chi connectivity index (χ0n) is 21.1. The van der Waals surface area contributed by atoms with Crippen molar-refractivity contribution in [3.05, 3.63) is 82.4 Å². The molecule has 0 bridgehead atoms. The minimum absolute atomic E-state index is 0.0577. The van der Waals surface area contributed by atoms with Gasteiger partial charge in [-0.25, -0.2) is 8.78 Å². The van der Waals surface area contributed by atoms with Gasteiger partial charge in [-0.15, -0.1) is 0 Å². The monoisotopic (exact) mass is 521 g/mol. The van der Waals surface area contributed by atoms with Crippen molar-refractivity contribution in [1.29, 1.82) is 0 Å². The van der Waals surface area contributed by atoms with Crippen LogP contribution in [0.1, 0.15) is 47.9 Å². The van der Waals surface area contributed by atoms with Crippen LogP contribution in [0.4, 0.5) is 8.78 Å². The molecule has 1 amide bonds. The molecule has 0 saturated heterocycles. The number of carbonyl (C=O) groups excluding carboxylic acids is 1. The Hall–Kier alpha value is -3.94. The van der Waals surface area contributed by atoms with Crippen LogP contribution in [0.2, 0.25) is 0 Å². The van der Waals surface area contributed by atoms with Crippen molar-refractivity contribution >= 4 is 11.9 Å². The SMILES string of the molecule is CCOc1ccc(CC(=O)O)cc1-c1ccc(F)c2c1CN(C(=O)CC1CCOc3cc(F)ccc31)CC2. The fourth-order valence-electron chi connectivity index (χ4n) is 5.44. The lowest BCUT2D eigenvalue weighted by molar-refractivity contribution is -0.136. The van der Waals surface area contributed by atoms with E-state index >= 15 is 0 Å². The van der Waals surface area contributed by atoms with Gasteiger partial charge in [-0.2, -0.15) is 0 Å². The quantitative estimate of drug-likeness (QED) is 0.445. The van der Waals surface area contributed by atoms with Crippen LogP contribution in [0.15, 0.2) is 48.5 Å². The van der Waals surface area contributed by atoms with Gasteiger partial charge < -0.3 is 19.5 Å². The molecular weight excluding hydrogens is 492 g/mol. The van der Waals surface area contributed by atoms with E-state index in [1.54, 1.807) is 35.2 Å². The third kappa shape index (κ3) is 5.21. The first-order chi connectivity index (χ1) is 18.3. The zero-order valence-corrected chi connectivity index (χ0v) is 21.1. The second-order valence-corrected chi connectivity index (χ2v) is 9.67. The van der Waals surface area contributed by atoms with Gasteiger partial charge in [0.15, 0.2) is 0 Å². The van der Waals surface area contributed by atoms with E-state index in [4.69, 9.17) is 9.47 Å². The number of benzene rings is 3. The smallest absolute Gasteiger partial charge is 0.307 e. The minimum Gasteiger partial charge on any atom is -0.493 e. The van der Waals surface area contributed by atoms with Gasteiger partial charge in [0.1, 0.15) is 23.1 Å². The number of carbonyl (C=O) groups is 2. The van der Waals surface area contributed by atoms with Gasteiger partial charge in [0.25, 0.3) is 0 Å². The summed E-state index contributed by atoms with van der Waals surface area (Å²) in [5.41, 5.74) is 4.09. The molecule has 1 atom stereocenters. The van der Waals surface area contributed by atoms with Crippen LogP contribution in [0.3, 0.4) is 0 Å². The predicted octanol–water partition coefficient (Wildman–Crippen LogP) is 5.50. The van der Waals surface area contributed by atoms with Gasteiger partial charge in [0.05, 0.1) is 19.6 Å². The highest BCUT2D eigenvalue weighted by Crippen LogP contribution is 2.40. The zero-order chi connectivity index (χ0) is 26.8. The van der Waals surface area contributed by atoms with E-state index < -0.39 is 5.97 Å². The maximum Gasteiger partial charge on any atom is 0.307 e. The average molecular weight is 522 g/mol. The van der Waals surface area contributed by atoms with E-state index in [9.17, 15) is 23.5 Å². The lowest BCUT2D eigenvalue weighted by Gasteiger charge is -2.33. The maximum atomic E-state index is 14.9. The number of aliphatic carboxylic acids is 1. The molecule has 1 N–H and O–H groups in total. The highest BCUT2D eigenvalue weighted by molar-refractivity contribution is 5.81. The minimum atomic E-state index is -0.949. The van der Waals surface area contributed by atoms with Crippen molar-refractivity contribution in [2.24, 2.45) is 0 Å². The number of nitrogens with zero attached hydrogens (tertiary/aromatic N) is 1. The molecule has 2 aliphatic rings. The fraction of sp³-hybridized carbons (Fsp3) is 0.333. The Bertz CT molecular complexity index is 1390. The summed E-state index contributed by atoms with van der Waals surface area (Å²) in [6, 6.07) is 12.7. The third-order valence-corrected chi connectivity index (χ3v) is 7.26. The number of hydrogen-bond acceptors (Lipinski definition) is 4. The summed E-state index contributed by atoms with van der Waals surface area (Å²) in [5.74, 6) is -0.740. The predicted molar refractivity (Wildman–Crippen MR) is 137 cm³/mol. The normalized spacial score (nSPS) is 16.3. The average Bonchev–Trinajstić information content (AvgIpc) is 2.89. The molecule has 0 saturated carbocycles. The van der Waals surface area contributed by atoms with E-state index in [1.807, 2.05) is 6.92 Å². The Morgan fingerprint density at radius 2 is 1.92 bits per heavy atom. The maximum absolute atomic E-state index is 14.9. The Labute approximate surface area is 219 Å². The summed E-state index contributed by atoms with van der Waals surface area (Å²) in [6.07, 6.45) is 1.13. The van der Waals surface area contributed by atoms with Crippen molar-refractivity contribution in [2.45, 2.75) is 45.1 Å². The van der Waals surface area contributed by atoms with Crippen LogP contribution in [0, 0.1) is 11.6 Å². The first kappa shape index (κ1) is 25.7. The molecule has 0 fully saturated rings. The molecule has 2 heterocycles. The van der Waals surface area contributed by atoms with Crippen LogP contribution < -0.4 is 9.47 Å². The number of hydrogen-bond donors (Lipinski definition) is 1. The van der Waals surface area contributed by atoms with Crippen LogP contribution >= 0.6 is 0 Å². The first-order valence-electron chi connectivity index (χ1n) is 12.8. The number of amides is 1. The topological polar surface area (TPSA) is 76.1 Å². The second-order valence-electron chi connectivity index (χ2n) is 9.67. The van der Waals surface area contributed by atoms with Crippen molar-refractivity contribution in [3.63, 3.8) is 0 Å². The van der Waals surface area contributed by atoms with E-state index in [1.165, 1.54) is 18.2 Å². The molecule has 6 nitrogen and oxygen atoms in total. The van der Waals surface area contributed by atoms with Gasteiger partial charge >= 0.3 is 5.97 Å². The van der Waals surface area contributed by atoms with E-state index in [2.05, 4.69) is 0 Å². The highest BCUT2D eigenvalue weighted by atomic mass is 19.1. The molecule has 2 aliphatic heterocycles. The molecule has 3 aromatic carbocycles. The second kappa shape index (κ2) is 10.8. The lowest BCUT2D eigenvalue weighted by Crippen LogP contribution is -2.37. The molecule has 38 heavy (non-hydrogen) atoms. The Balaban J connectivity index is 1.45. The Kier molecular flexibility index (Phi) is 7.31. The summed E-state index contributed by atoms with van der Waals surface area (Å²) in [4.78, 5) is 26.5. The number of rotatable bonds is 7. The van der Waals surface area contributed by atoms with Gasteiger partial charge in [-0.3, -0.25) is 9.59 Å². The molecule has 0 radical (unpaired) electrons. The molecule has 198 valence electrons. The summed E-state index contributed by atoms with van der Waals surface area (Å²) in [6.45, 7) is 3.31. The summed E-state index contributed by atoms with van der Waals surface area (Å²) in [5, 5.41) is 9.28. The van der Waals surface area contributed by atoms with Crippen molar-refractivity contribution in [2.75, 3.05) is 19.8 Å². The molecule has 0 aromatic heterocycles. The van der Waals surface area contributed by atoms with Gasteiger partial charge in [-0.05, 0) is 77.8 Å². The molecule has 5 rings (SSSR count). The summed E-state index contributed by atoms with van der Waals surface area (Å²) >= 11 is 0. The number of ether oxygens (including phenoxy) is 2. The molecule has 8 heteroatoms. The summed E-state index contributed by atoms with van der Waals surface area (Å²) in [7, 11) is 0. The number of carboxylic acids is 1. The standard InChI is InChI=1S/C30H29F2NO5/c1-2-37-27-8-3-18(14-30(35)36)13-24(27)22-6-7-26(32)23-9-11-33(17-25(22)23)29(34)15-19-10-12-38-28-16-20(31)4-5-21(19)28/h3-8,13,16,19H,2,9-12,14-15,17H2,1H3,(H,35,36). The van der Waals surface area contributed by atoms with Gasteiger partial charge in [0.2, 0.25) is 5.91 Å². The molecular formula is C30H29F2NO5. The van der Waals surface area contributed by atoms with E-state index in [0.717, 1.165) is 11.1 Å². The van der Waals surface area contributed by atoms with Gasteiger partial charge in [-0.1, -0.05) is 18.2 Å². The Morgan fingerprint density at radius 3 is 2.71 bits per heavy atom. The van der Waals surface area contributed by atoms with Crippen LogP contribution in [0.5, 0.6) is 11.5 Å². The summed E-state index contributed by atoms with van der Waals surface area (Å²) < 4.78 is 40.0. The molecule has 1 unspecified atom stereocenters. The van der Waals surface area contributed by atoms with Crippen LogP contribution in [-0.2, 0) is 29.0 Å². The van der Waals surface area contributed by atoms with Crippen LogP contribution in [-0.4, -0.2) is 41.6 Å². The number of fused-ring (bicyclic) bond motifs is 2. The van der Waals surface area contributed by atoms with E-state index in [-0.39, 0.29) is 42.8 Å². The molecule has 3 aromatic rings. The number of carboxylic acid groups (broad SMARTS) is 1. The van der Waals surface area contributed by atoms with Gasteiger partial charge in [0, 0.05) is 31.1 Å².